The van der Waals surface area contributed by atoms with E-state index in [1.54, 1.807) is 0 Å². The quantitative estimate of drug-likeness (QED) is 0.742. The monoisotopic (exact) mass is 322 g/mol. The molecule has 0 fully saturated rings. The molecule has 0 aliphatic heterocycles. The van der Waals surface area contributed by atoms with E-state index in [4.69, 9.17) is 5.11 Å². The molecule has 0 aromatic rings. The first-order valence-electron chi connectivity index (χ1n) is 5.47. The van der Waals surface area contributed by atoms with E-state index in [0.29, 0.717) is 6.61 Å². The third-order valence-corrected chi connectivity index (χ3v) is 1.18. The first-order chi connectivity index (χ1) is 6.12. The molecule has 0 rings (SSSR count). The van der Waals surface area contributed by atoms with Gasteiger partial charge in [-0.05, 0) is 6.42 Å². The summed E-state index contributed by atoms with van der Waals surface area (Å²) in [4.78, 5) is 0. The van der Waals surface area contributed by atoms with Gasteiger partial charge < -0.3 is 10.4 Å². The Bertz CT molecular complexity index is 119. The van der Waals surface area contributed by atoms with Crippen molar-refractivity contribution in [2.75, 3.05) is 6.61 Å². The van der Waals surface area contributed by atoms with Gasteiger partial charge in [0.25, 0.3) is 0 Å². The normalized spacial score (nSPS) is 9.88. The van der Waals surface area contributed by atoms with Crippen LogP contribution in [0.1, 0.15) is 61.3 Å². The van der Waals surface area contributed by atoms with Crippen LogP contribution in [0.5, 0.6) is 0 Å². The first kappa shape index (κ1) is 30.9. The molecule has 0 aromatic heterocycles. The van der Waals surface area contributed by atoms with Gasteiger partial charge in [0, 0.05) is 28.3 Å². The van der Waals surface area contributed by atoms with Gasteiger partial charge in [-0.3, -0.25) is 0 Å². The zero-order valence-corrected chi connectivity index (χ0v) is 15.5. The van der Waals surface area contributed by atoms with E-state index >= 15 is 0 Å². The van der Waals surface area contributed by atoms with Crippen LogP contribution in [-0.2, 0) is 21.7 Å². The van der Waals surface area contributed by atoms with Gasteiger partial charge >= 0.3 is 0 Å². The van der Waals surface area contributed by atoms with Crippen molar-refractivity contribution in [3.63, 3.8) is 0 Å². The van der Waals surface area contributed by atoms with Crippen molar-refractivity contribution in [3.8, 4) is 0 Å². The SMILES string of the molecule is CC(C)(C)[N-]C(C)(C)C.CCCCO.Cl.Cl.[Ti]. The van der Waals surface area contributed by atoms with Gasteiger partial charge in [-0.1, -0.05) is 54.9 Å². The van der Waals surface area contributed by atoms with E-state index in [9.17, 15) is 0 Å². The molecule has 0 aromatic carbocycles. The Morgan fingerprint density at radius 1 is 0.882 bits per heavy atom. The number of unbranched alkanes of at least 4 members (excludes halogenated alkanes) is 1. The molecule has 0 saturated heterocycles. The van der Waals surface area contributed by atoms with Gasteiger partial charge in [-0.25, -0.2) is 0 Å². The number of rotatable bonds is 2. The summed E-state index contributed by atoms with van der Waals surface area (Å²) in [5.74, 6) is 0. The zero-order chi connectivity index (χ0) is 11.8. The van der Waals surface area contributed by atoms with Crippen LogP contribution in [-0.4, -0.2) is 22.8 Å². The van der Waals surface area contributed by atoms with E-state index in [1.807, 2.05) is 0 Å². The fraction of sp³-hybridized carbons (Fsp3) is 1.00. The summed E-state index contributed by atoms with van der Waals surface area (Å²) in [6, 6.07) is 0. The molecule has 0 spiro atoms. The number of halogens is 2. The summed E-state index contributed by atoms with van der Waals surface area (Å²) in [5, 5.41) is 12.6. The van der Waals surface area contributed by atoms with Crippen LogP contribution in [0.3, 0.4) is 0 Å². The molecule has 0 aliphatic carbocycles. The molecule has 0 bridgehead atoms. The Kier molecular flexibility index (Phi) is 27.8. The summed E-state index contributed by atoms with van der Waals surface area (Å²) < 4.78 is 0. The number of hydrogen-bond acceptors (Lipinski definition) is 1. The maximum Gasteiger partial charge on any atom is 0.0430 e. The van der Waals surface area contributed by atoms with Gasteiger partial charge in [-0.2, -0.15) is 0 Å². The third-order valence-electron chi connectivity index (χ3n) is 1.18. The molecule has 17 heavy (non-hydrogen) atoms. The standard InChI is InChI=1S/C8H18N.C4H10O.2ClH.Ti/c1-7(2,3)9-8(4,5)6;1-2-3-4-5;;;/h1-6H3;5H,2-4H2,1H3;2*1H;/q-1;;;;. The van der Waals surface area contributed by atoms with Crippen LogP contribution >= 0.6 is 24.8 Å². The minimum Gasteiger partial charge on any atom is -0.653 e. The van der Waals surface area contributed by atoms with Gasteiger partial charge in [-0.15, -0.1) is 35.9 Å². The van der Waals surface area contributed by atoms with E-state index in [2.05, 4.69) is 53.8 Å². The van der Waals surface area contributed by atoms with Crippen LogP contribution in [0.4, 0.5) is 0 Å². The van der Waals surface area contributed by atoms with Crippen molar-refractivity contribution < 1.29 is 26.8 Å². The second-order valence-corrected chi connectivity index (χ2v) is 5.53. The minimum absolute atomic E-state index is 0. The fourth-order valence-electron chi connectivity index (χ4n) is 1.16. The summed E-state index contributed by atoms with van der Waals surface area (Å²) >= 11 is 0. The van der Waals surface area contributed by atoms with Gasteiger partial charge in [0.1, 0.15) is 0 Å². The first-order valence-corrected chi connectivity index (χ1v) is 5.47. The van der Waals surface area contributed by atoms with Crippen LogP contribution in [0.25, 0.3) is 5.32 Å². The third kappa shape index (κ3) is 46.9. The molecule has 108 valence electrons. The molecule has 0 radical (unpaired) electrons. The Morgan fingerprint density at radius 3 is 1.18 bits per heavy atom. The average Bonchev–Trinajstić information content (AvgIpc) is 1.81. The summed E-state index contributed by atoms with van der Waals surface area (Å²) in [6.07, 6.45) is 2.04. The number of nitrogens with zero attached hydrogens (tertiary/aromatic N) is 1. The number of aliphatic hydroxyl groups excluding tert-OH is 1. The molecular formula is C12H30Cl2NOTi-. The topological polar surface area (TPSA) is 34.3 Å². The molecule has 0 atom stereocenters. The van der Waals surface area contributed by atoms with Crippen molar-refractivity contribution >= 4 is 24.8 Å². The van der Waals surface area contributed by atoms with Gasteiger partial charge in [0.15, 0.2) is 0 Å². The molecule has 5 heteroatoms. The molecule has 0 amide bonds. The molecular weight excluding hydrogens is 293 g/mol. The molecule has 2 nitrogen and oxygen atoms in total. The fourth-order valence-corrected chi connectivity index (χ4v) is 1.16. The Balaban J connectivity index is -0.0000000533. The van der Waals surface area contributed by atoms with E-state index in [0.717, 1.165) is 12.8 Å². The zero-order valence-electron chi connectivity index (χ0n) is 12.3. The smallest absolute Gasteiger partial charge is 0.0430 e. The predicted octanol–water partition coefficient (Wildman–Crippen LogP) is 4.58. The summed E-state index contributed by atoms with van der Waals surface area (Å²) in [7, 11) is 0. The summed E-state index contributed by atoms with van der Waals surface area (Å²) in [5.41, 5.74) is 0.219. The maximum absolute atomic E-state index is 8.07. The van der Waals surface area contributed by atoms with Crippen LogP contribution in [0.15, 0.2) is 0 Å². The number of aliphatic hydroxyl groups is 1. The van der Waals surface area contributed by atoms with Crippen molar-refractivity contribution in [3.05, 3.63) is 5.32 Å². The van der Waals surface area contributed by atoms with Gasteiger partial charge in [0.05, 0.1) is 0 Å². The molecule has 0 saturated carbocycles. The minimum atomic E-state index is 0. The Hall–Kier alpha value is 1.21. The predicted molar refractivity (Wildman–Crippen MR) is 79.4 cm³/mol. The van der Waals surface area contributed by atoms with Crippen molar-refractivity contribution in [1.29, 1.82) is 0 Å². The van der Waals surface area contributed by atoms with Crippen LogP contribution < -0.4 is 0 Å². The Morgan fingerprint density at radius 2 is 1.18 bits per heavy atom. The van der Waals surface area contributed by atoms with E-state index < -0.39 is 0 Å². The average molecular weight is 323 g/mol. The van der Waals surface area contributed by atoms with Crippen molar-refractivity contribution in [2.45, 2.75) is 72.4 Å². The number of hydrogen-bond donors (Lipinski definition) is 1. The van der Waals surface area contributed by atoms with Crippen molar-refractivity contribution in [1.82, 2.24) is 0 Å². The molecule has 0 heterocycles. The molecule has 0 aliphatic rings. The van der Waals surface area contributed by atoms with Gasteiger partial charge in [0.2, 0.25) is 0 Å². The second kappa shape index (κ2) is 15.3. The Labute approximate surface area is 135 Å². The molecule has 0 unspecified atom stereocenters. The van der Waals surface area contributed by atoms with Crippen LogP contribution in [0.2, 0.25) is 0 Å². The van der Waals surface area contributed by atoms with E-state index in [1.165, 1.54) is 0 Å². The molecule has 1 N–H and O–H groups in total. The largest absolute Gasteiger partial charge is 0.653 e. The maximum atomic E-state index is 8.07. The van der Waals surface area contributed by atoms with E-state index in [-0.39, 0.29) is 57.6 Å². The summed E-state index contributed by atoms with van der Waals surface area (Å²) in [6.45, 7) is 15.1. The second-order valence-electron chi connectivity index (χ2n) is 5.53. The van der Waals surface area contributed by atoms with Crippen molar-refractivity contribution in [2.24, 2.45) is 0 Å². The van der Waals surface area contributed by atoms with Crippen LogP contribution in [0, 0.1) is 0 Å².